The molecule has 0 radical (unpaired) electrons. The van der Waals surface area contributed by atoms with Crippen LogP contribution in [0.2, 0.25) is 0 Å². The Balaban J connectivity index is 1.77. The van der Waals surface area contributed by atoms with Crippen LogP contribution in [0.25, 0.3) is 10.3 Å². The summed E-state index contributed by atoms with van der Waals surface area (Å²) in [5.74, 6) is -0.105. The van der Waals surface area contributed by atoms with Gasteiger partial charge in [-0.2, -0.15) is 0 Å². The Morgan fingerprint density at radius 2 is 2.20 bits per heavy atom. The van der Waals surface area contributed by atoms with Gasteiger partial charge in [0.2, 0.25) is 0 Å². The largest absolute Gasteiger partial charge is 0.396 e. The highest BCUT2D eigenvalue weighted by molar-refractivity contribution is 7.21. The van der Waals surface area contributed by atoms with E-state index in [1.54, 1.807) is 12.4 Å². The summed E-state index contributed by atoms with van der Waals surface area (Å²) in [6, 6.07) is 0. The van der Waals surface area contributed by atoms with Gasteiger partial charge in [0.25, 0.3) is 5.91 Å². The summed E-state index contributed by atoms with van der Waals surface area (Å²) in [4.78, 5) is 21.9. The Labute approximate surface area is 121 Å². The van der Waals surface area contributed by atoms with Crippen LogP contribution in [0, 0.1) is 5.41 Å². The Morgan fingerprint density at radius 1 is 1.45 bits per heavy atom. The van der Waals surface area contributed by atoms with Gasteiger partial charge in [0, 0.05) is 18.9 Å². The number of aromatic nitrogens is 2. The molecule has 5 nitrogen and oxygen atoms in total. The zero-order valence-electron chi connectivity index (χ0n) is 11.5. The van der Waals surface area contributed by atoms with Crippen LogP contribution in [-0.4, -0.2) is 22.4 Å². The zero-order chi connectivity index (χ0) is 14.2. The average molecular weight is 290 g/mol. The van der Waals surface area contributed by atoms with E-state index < -0.39 is 0 Å². The van der Waals surface area contributed by atoms with Crippen LogP contribution in [0.5, 0.6) is 0 Å². The highest BCUT2D eigenvalue weighted by atomic mass is 32.1. The van der Waals surface area contributed by atoms with Crippen molar-refractivity contribution in [3.05, 3.63) is 17.3 Å². The maximum Gasteiger partial charge on any atom is 0.263 e. The lowest BCUT2D eigenvalue weighted by molar-refractivity contribution is 0.0854. The van der Waals surface area contributed by atoms with Crippen molar-refractivity contribution in [3.63, 3.8) is 0 Å². The fraction of sp³-hybridized carbons (Fsp3) is 0.500. The molecule has 2 aromatic rings. The first-order chi connectivity index (χ1) is 9.65. The van der Waals surface area contributed by atoms with Gasteiger partial charge in [-0.15, -0.1) is 11.3 Å². The van der Waals surface area contributed by atoms with Gasteiger partial charge < -0.3 is 11.1 Å². The summed E-state index contributed by atoms with van der Waals surface area (Å²) in [5.41, 5.74) is 7.37. The van der Waals surface area contributed by atoms with Crippen molar-refractivity contribution in [2.24, 2.45) is 5.41 Å². The third-order valence-electron chi connectivity index (χ3n) is 4.36. The number of carbonyl (C=O) groups excluding carboxylic acids is 1. The van der Waals surface area contributed by atoms with Crippen LogP contribution in [0.15, 0.2) is 12.4 Å². The number of nitrogens with two attached hydrogens (primary N) is 1. The van der Waals surface area contributed by atoms with Gasteiger partial charge >= 0.3 is 0 Å². The number of fused-ring (bicyclic) bond motifs is 1. The third-order valence-corrected chi connectivity index (χ3v) is 5.46. The van der Waals surface area contributed by atoms with Gasteiger partial charge in [-0.05, 0) is 24.7 Å². The van der Waals surface area contributed by atoms with Crippen molar-refractivity contribution in [1.29, 1.82) is 0 Å². The van der Waals surface area contributed by atoms with Crippen molar-refractivity contribution in [3.8, 4) is 0 Å². The first-order valence-corrected chi connectivity index (χ1v) is 7.74. The van der Waals surface area contributed by atoms with Crippen molar-refractivity contribution in [2.75, 3.05) is 12.3 Å². The smallest absolute Gasteiger partial charge is 0.263 e. The monoisotopic (exact) mass is 290 g/mol. The van der Waals surface area contributed by atoms with Gasteiger partial charge in [0.15, 0.2) is 0 Å². The summed E-state index contributed by atoms with van der Waals surface area (Å²) in [6.07, 6.45) is 7.98. The molecule has 0 saturated heterocycles. The van der Waals surface area contributed by atoms with Crippen LogP contribution in [0.1, 0.15) is 42.3 Å². The van der Waals surface area contributed by atoms with E-state index in [0.29, 0.717) is 26.3 Å². The van der Waals surface area contributed by atoms with E-state index in [1.165, 1.54) is 30.6 Å². The van der Waals surface area contributed by atoms with E-state index in [2.05, 4.69) is 22.2 Å². The molecule has 106 valence electrons. The molecule has 0 atom stereocenters. The predicted octanol–water partition coefficient (Wildman–Crippen LogP) is 2.58. The van der Waals surface area contributed by atoms with E-state index in [0.717, 1.165) is 13.0 Å². The lowest BCUT2D eigenvalue weighted by Gasteiger charge is -2.41. The molecule has 1 fully saturated rings. The standard InChI is InChI=1S/C14H18N4OS/c1-2-14(4-3-5-14)8-18-12(19)11-9(15)10-13(20-11)17-7-6-16-10/h6-7H,2-5,8,15H2,1H3,(H,18,19). The molecular formula is C14H18N4OS. The summed E-state index contributed by atoms with van der Waals surface area (Å²) >= 11 is 1.31. The SMILES string of the molecule is CCC1(CNC(=O)c2sc3nccnc3c2N)CCC1. The second-order valence-corrected chi connectivity index (χ2v) is 6.44. The van der Waals surface area contributed by atoms with Crippen LogP contribution in [0.4, 0.5) is 5.69 Å². The first-order valence-electron chi connectivity index (χ1n) is 6.92. The third kappa shape index (κ3) is 2.14. The molecule has 2 heterocycles. The molecule has 1 saturated carbocycles. The lowest BCUT2D eigenvalue weighted by atomic mass is 9.67. The van der Waals surface area contributed by atoms with Crippen LogP contribution in [0.3, 0.4) is 0 Å². The highest BCUT2D eigenvalue weighted by Crippen LogP contribution is 2.43. The zero-order valence-corrected chi connectivity index (χ0v) is 12.3. The number of carbonyl (C=O) groups is 1. The number of rotatable bonds is 4. The minimum Gasteiger partial charge on any atom is -0.396 e. The molecule has 0 bridgehead atoms. The number of hydrogen-bond acceptors (Lipinski definition) is 5. The minimum absolute atomic E-state index is 0.105. The molecular weight excluding hydrogens is 272 g/mol. The fourth-order valence-corrected chi connectivity index (χ4v) is 3.63. The van der Waals surface area contributed by atoms with Gasteiger partial charge in [-0.1, -0.05) is 13.3 Å². The van der Waals surface area contributed by atoms with Gasteiger partial charge in [0.05, 0.1) is 5.69 Å². The average Bonchev–Trinajstić information content (AvgIpc) is 2.76. The van der Waals surface area contributed by atoms with E-state index >= 15 is 0 Å². The molecule has 2 aromatic heterocycles. The molecule has 20 heavy (non-hydrogen) atoms. The first kappa shape index (κ1) is 13.3. The second-order valence-electron chi connectivity index (χ2n) is 5.44. The molecule has 0 spiro atoms. The van der Waals surface area contributed by atoms with E-state index in [-0.39, 0.29) is 5.91 Å². The number of hydrogen-bond donors (Lipinski definition) is 2. The van der Waals surface area contributed by atoms with Crippen molar-refractivity contribution < 1.29 is 4.79 Å². The maximum absolute atomic E-state index is 12.3. The number of nitrogen functional groups attached to an aromatic ring is 1. The molecule has 6 heteroatoms. The van der Waals surface area contributed by atoms with Gasteiger partial charge in [-0.25, -0.2) is 9.97 Å². The number of amides is 1. The Morgan fingerprint density at radius 3 is 2.80 bits per heavy atom. The Kier molecular flexibility index (Phi) is 3.33. The van der Waals surface area contributed by atoms with Crippen molar-refractivity contribution >= 4 is 33.3 Å². The van der Waals surface area contributed by atoms with E-state index in [9.17, 15) is 4.79 Å². The molecule has 1 amide bonds. The molecule has 1 aliphatic rings. The van der Waals surface area contributed by atoms with Crippen molar-refractivity contribution in [1.82, 2.24) is 15.3 Å². The fourth-order valence-electron chi connectivity index (χ4n) is 2.69. The van der Waals surface area contributed by atoms with Gasteiger partial charge in [0.1, 0.15) is 15.2 Å². The number of thiophene rings is 1. The van der Waals surface area contributed by atoms with Crippen LogP contribution < -0.4 is 11.1 Å². The molecule has 3 rings (SSSR count). The normalized spacial score (nSPS) is 16.9. The summed E-state index contributed by atoms with van der Waals surface area (Å²) in [6.45, 7) is 2.92. The Hall–Kier alpha value is -1.69. The van der Waals surface area contributed by atoms with Crippen molar-refractivity contribution in [2.45, 2.75) is 32.6 Å². The molecule has 3 N–H and O–H groups in total. The lowest BCUT2D eigenvalue weighted by Crippen LogP contribution is -2.41. The van der Waals surface area contributed by atoms with Gasteiger partial charge in [-0.3, -0.25) is 4.79 Å². The summed E-state index contributed by atoms with van der Waals surface area (Å²) < 4.78 is 0. The number of nitrogens with zero attached hydrogens (tertiary/aromatic N) is 2. The summed E-state index contributed by atoms with van der Waals surface area (Å²) in [7, 11) is 0. The molecule has 0 unspecified atom stereocenters. The van der Waals surface area contributed by atoms with Crippen LogP contribution in [-0.2, 0) is 0 Å². The second kappa shape index (κ2) is 5.01. The maximum atomic E-state index is 12.3. The minimum atomic E-state index is -0.105. The summed E-state index contributed by atoms with van der Waals surface area (Å²) in [5, 5.41) is 3.03. The molecule has 0 aliphatic heterocycles. The molecule has 1 aliphatic carbocycles. The van der Waals surface area contributed by atoms with Crippen LogP contribution >= 0.6 is 11.3 Å². The quantitative estimate of drug-likeness (QED) is 0.907. The topological polar surface area (TPSA) is 80.9 Å². The highest BCUT2D eigenvalue weighted by Gasteiger charge is 2.35. The van der Waals surface area contributed by atoms with E-state index in [4.69, 9.17) is 5.73 Å². The number of nitrogens with one attached hydrogen (secondary N) is 1. The predicted molar refractivity (Wildman–Crippen MR) is 80.7 cm³/mol. The number of anilines is 1. The Bertz CT molecular complexity index is 642. The molecule has 0 aromatic carbocycles. The van der Waals surface area contributed by atoms with E-state index in [1.807, 2.05) is 0 Å².